The number of halogens is 1. The highest BCUT2D eigenvalue weighted by Crippen LogP contribution is 2.31. The smallest absolute Gasteiger partial charge is 0.264 e. The van der Waals surface area contributed by atoms with Crippen molar-refractivity contribution in [1.82, 2.24) is 10.3 Å². The highest BCUT2D eigenvalue weighted by molar-refractivity contribution is 8.18. The van der Waals surface area contributed by atoms with E-state index in [1.165, 1.54) is 23.5 Å². The van der Waals surface area contributed by atoms with Gasteiger partial charge in [-0.2, -0.15) is 0 Å². The van der Waals surface area contributed by atoms with Crippen LogP contribution in [-0.4, -0.2) is 16.1 Å². The maximum Gasteiger partial charge on any atom is 0.264 e. The third kappa shape index (κ3) is 4.63. The largest absolute Gasteiger partial charge is 0.450 e. The van der Waals surface area contributed by atoms with Crippen LogP contribution >= 0.6 is 35.1 Å². The van der Waals surface area contributed by atoms with Gasteiger partial charge in [0.15, 0.2) is 10.3 Å². The zero-order valence-electron chi connectivity index (χ0n) is 13.8. The van der Waals surface area contributed by atoms with Gasteiger partial charge in [0.25, 0.3) is 5.91 Å². The van der Waals surface area contributed by atoms with Crippen molar-refractivity contribution in [3.63, 3.8) is 0 Å². The summed E-state index contributed by atoms with van der Waals surface area (Å²) in [5.41, 5.74) is 0.718. The van der Waals surface area contributed by atoms with E-state index < -0.39 is 0 Å². The van der Waals surface area contributed by atoms with Crippen LogP contribution in [-0.2, 0) is 4.79 Å². The third-order valence-electron chi connectivity index (χ3n) is 3.43. The third-order valence-corrected chi connectivity index (χ3v) is 5.46. The molecule has 0 atom stereocenters. The molecule has 1 fully saturated rings. The summed E-state index contributed by atoms with van der Waals surface area (Å²) < 4.78 is 5.76. The molecule has 1 amide bonds. The molecule has 3 aromatic rings. The number of amides is 1. The molecule has 1 aromatic carbocycles. The van der Waals surface area contributed by atoms with Crippen LogP contribution in [0.25, 0.3) is 6.08 Å². The van der Waals surface area contributed by atoms with Crippen LogP contribution < -0.4 is 5.32 Å². The highest BCUT2D eigenvalue weighted by atomic mass is 35.5. The number of nitrogens with one attached hydrogen (secondary N) is 1. The van der Waals surface area contributed by atoms with Crippen LogP contribution in [0.3, 0.4) is 0 Å². The summed E-state index contributed by atoms with van der Waals surface area (Å²) in [5, 5.41) is 5.46. The Morgan fingerprint density at radius 1 is 1.15 bits per heavy atom. The lowest BCUT2D eigenvalue weighted by molar-refractivity contribution is -0.115. The molecule has 5 nitrogen and oxygen atoms in total. The molecule has 1 saturated heterocycles. The minimum absolute atomic E-state index is 0.206. The molecule has 2 aromatic heterocycles. The molecular weight excluding hydrogens is 402 g/mol. The number of carbonyl (C=O) groups excluding carboxylic acids is 1. The van der Waals surface area contributed by atoms with Crippen LogP contribution in [0.4, 0.5) is 5.69 Å². The van der Waals surface area contributed by atoms with Crippen LogP contribution in [0.2, 0.25) is 5.02 Å². The number of hydrogen-bond acceptors (Lipinski definition) is 6. The Morgan fingerprint density at radius 2 is 2.00 bits per heavy atom. The summed E-state index contributed by atoms with van der Waals surface area (Å²) in [7, 11) is 0. The Balaban J connectivity index is 1.48. The fourth-order valence-electron chi connectivity index (χ4n) is 2.22. The summed E-state index contributed by atoms with van der Waals surface area (Å²) in [6, 6.07) is 16.4. The van der Waals surface area contributed by atoms with Gasteiger partial charge in [0.2, 0.25) is 0 Å². The Hall–Kier alpha value is -2.48. The van der Waals surface area contributed by atoms with Crippen LogP contribution in [0.5, 0.6) is 0 Å². The van der Waals surface area contributed by atoms with Gasteiger partial charge in [0.05, 0.1) is 10.6 Å². The van der Waals surface area contributed by atoms with Crippen molar-refractivity contribution in [2.45, 2.75) is 10.1 Å². The number of rotatable bonds is 4. The normalized spacial score (nSPS) is 16.9. The zero-order chi connectivity index (χ0) is 18.6. The standard InChI is InChI=1S/C19H12ClN3O2S2/c20-12-4-6-13(7-5-12)22-19-23-18(24)15(26-19)11-14-8-9-17(25-14)27-16-3-1-2-10-21-16/h1-11H,(H,22,23,24)/b15-11-. The quantitative estimate of drug-likeness (QED) is 0.582. The van der Waals surface area contributed by atoms with E-state index in [2.05, 4.69) is 15.3 Å². The van der Waals surface area contributed by atoms with E-state index in [0.29, 0.717) is 25.9 Å². The molecule has 1 N–H and O–H groups in total. The average molecular weight is 414 g/mol. The first-order chi connectivity index (χ1) is 13.2. The number of pyridine rings is 1. The van der Waals surface area contributed by atoms with E-state index in [0.717, 1.165) is 10.7 Å². The second kappa shape index (κ2) is 8.04. The lowest BCUT2D eigenvalue weighted by Crippen LogP contribution is -2.19. The molecule has 0 spiro atoms. The second-order valence-corrected chi connectivity index (χ2v) is 7.88. The van der Waals surface area contributed by atoms with Gasteiger partial charge in [0.1, 0.15) is 10.8 Å². The van der Waals surface area contributed by atoms with Crippen molar-refractivity contribution < 1.29 is 9.21 Å². The number of benzene rings is 1. The monoisotopic (exact) mass is 413 g/mol. The molecule has 1 aliphatic heterocycles. The van der Waals surface area contributed by atoms with Gasteiger partial charge in [0, 0.05) is 17.3 Å². The first-order valence-electron chi connectivity index (χ1n) is 7.89. The lowest BCUT2D eigenvalue weighted by atomic mass is 10.3. The minimum Gasteiger partial charge on any atom is -0.450 e. The maximum absolute atomic E-state index is 12.2. The van der Waals surface area contributed by atoms with Crippen molar-refractivity contribution in [2.75, 3.05) is 0 Å². The summed E-state index contributed by atoms with van der Waals surface area (Å²) in [6.07, 6.45) is 3.43. The Kier molecular flexibility index (Phi) is 5.33. The topological polar surface area (TPSA) is 67.5 Å². The van der Waals surface area contributed by atoms with Gasteiger partial charge in [-0.15, -0.1) is 0 Å². The van der Waals surface area contributed by atoms with Crippen molar-refractivity contribution in [3.05, 3.63) is 76.5 Å². The van der Waals surface area contributed by atoms with Gasteiger partial charge in [-0.05, 0) is 72.1 Å². The first-order valence-corrected chi connectivity index (χ1v) is 9.91. The van der Waals surface area contributed by atoms with Crippen molar-refractivity contribution in [2.24, 2.45) is 4.99 Å². The van der Waals surface area contributed by atoms with E-state index in [1.807, 2.05) is 30.3 Å². The van der Waals surface area contributed by atoms with Crippen molar-refractivity contribution in [3.8, 4) is 0 Å². The minimum atomic E-state index is -0.206. The molecule has 134 valence electrons. The predicted octanol–water partition coefficient (Wildman–Crippen LogP) is 5.37. The molecular formula is C19H12ClN3O2S2. The molecule has 27 heavy (non-hydrogen) atoms. The number of amidine groups is 1. The highest BCUT2D eigenvalue weighted by Gasteiger charge is 2.24. The molecule has 0 unspecified atom stereocenters. The molecule has 0 aliphatic carbocycles. The second-order valence-electron chi connectivity index (χ2n) is 5.38. The molecule has 0 saturated carbocycles. The van der Waals surface area contributed by atoms with E-state index in [4.69, 9.17) is 16.0 Å². The molecule has 0 bridgehead atoms. The van der Waals surface area contributed by atoms with Gasteiger partial charge in [-0.25, -0.2) is 9.98 Å². The maximum atomic E-state index is 12.2. The summed E-state index contributed by atoms with van der Waals surface area (Å²) in [5.74, 6) is 0.391. The number of thioether (sulfide) groups is 1. The van der Waals surface area contributed by atoms with E-state index >= 15 is 0 Å². The van der Waals surface area contributed by atoms with Crippen molar-refractivity contribution in [1.29, 1.82) is 0 Å². The fraction of sp³-hybridized carbons (Fsp3) is 0. The van der Waals surface area contributed by atoms with E-state index in [-0.39, 0.29) is 5.91 Å². The summed E-state index contributed by atoms with van der Waals surface area (Å²) in [6.45, 7) is 0. The lowest BCUT2D eigenvalue weighted by Gasteiger charge is -1.96. The van der Waals surface area contributed by atoms with Crippen LogP contribution in [0.15, 0.2) is 85.2 Å². The van der Waals surface area contributed by atoms with E-state index in [1.54, 1.807) is 36.5 Å². The first kappa shape index (κ1) is 17.9. The number of hydrogen-bond donors (Lipinski definition) is 1. The van der Waals surface area contributed by atoms with Crippen molar-refractivity contribution >= 4 is 58.0 Å². The number of aliphatic imine (C=N–C) groups is 1. The molecule has 1 aliphatic rings. The number of furan rings is 1. The fourth-order valence-corrected chi connectivity index (χ4v) is 3.91. The van der Waals surface area contributed by atoms with Gasteiger partial charge >= 0.3 is 0 Å². The SMILES string of the molecule is O=C1NC(=Nc2ccc(Cl)cc2)S/C1=C\c1ccc(Sc2ccccn2)o1. The van der Waals surface area contributed by atoms with Crippen LogP contribution in [0.1, 0.15) is 5.76 Å². The Bertz CT molecular complexity index is 1030. The Labute approximate surface area is 168 Å². The number of aromatic nitrogens is 1. The van der Waals surface area contributed by atoms with Gasteiger partial charge in [-0.3, -0.25) is 4.79 Å². The molecule has 3 heterocycles. The van der Waals surface area contributed by atoms with E-state index in [9.17, 15) is 4.79 Å². The number of carbonyl (C=O) groups is 1. The van der Waals surface area contributed by atoms with Gasteiger partial charge < -0.3 is 9.73 Å². The van der Waals surface area contributed by atoms with Crippen LogP contribution in [0, 0.1) is 0 Å². The molecule has 8 heteroatoms. The summed E-state index contributed by atoms with van der Waals surface area (Å²) in [4.78, 5) is 21.3. The molecule has 4 rings (SSSR count). The molecule has 0 radical (unpaired) electrons. The van der Waals surface area contributed by atoms with Gasteiger partial charge in [-0.1, -0.05) is 17.7 Å². The number of nitrogens with zero attached hydrogens (tertiary/aromatic N) is 2. The average Bonchev–Trinajstić information content (AvgIpc) is 3.24. The predicted molar refractivity (Wildman–Crippen MR) is 109 cm³/mol. The summed E-state index contributed by atoms with van der Waals surface area (Å²) >= 11 is 8.56. The Morgan fingerprint density at radius 3 is 2.78 bits per heavy atom. The zero-order valence-corrected chi connectivity index (χ0v) is 16.1.